The van der Waals surface area contributed by atoms with Gasteiger partial charge in [-0.1, -0.05) is 22.9 Å². The quantitative estimate of drug-likeness (QED) is 0.905. The zero-order valence-corrected chi connectivity index (χ0v) is 12.7. The Morgan fingerprint density at radius 2 is 2.33 bits per heavy atom. The lowest BCUT2D eigenvalue weighted by Gasteiger charge is -2.22. The van der Waals surface area contributed by atoms with Crippen LogP contribution < -0.4 is 10.2 Å². The molecule has 0 bridgehead atoms. The van der Waals surface area contributed by atoms with Crippen molar-refractivity contribution < 1.29 is 4.74 Å². The molecule has 1 heterocycles. The Morgan fingerprint density at radius 1 is 1.50 bits per heavy atom. The number of benzene rings is 1. The van der Waals surface area contributed by atoms with Crippen LogP contribution in [0, 0.1) is 0 Å². The molecule has 4 heteroatoms. The molecule has 0 aromatic heterocycles. The molecule has 3 nitrogen and oxygen atoms in total. The largest absolute Gasteiger partial charge is 0.380 e. The van der Waals surface area contributed by atoms with Gasteiger partial charge in [0.1, 0.15) is 0 Å². The summed E-state index contributed by atoms with van der Waals surface area (Å²) in [5, 5.41) is 3.40. The monoisotopic (exact) mass is 312 g/mol. The first-order chi connectivity index (χ1) is 8.74. The molecule has 0 radical (unpaired) electrons. The standard InChI is InChI=1S/C14H21BrN2O/c1-3-16-9-11-8-12(15)4-5-14(11)17-7-6-13(10-17)18-2/h4-5,8,13,16H,3,6-7,9-10H2,1-2H3. The molecule has 0 aliphatic carbocycles. The minimum absolute atomic E-state index is 0.376. The average Bonchev–Trinajstić information content (AvgIpc) is 2.85. The molecular weight excluding hydrogens is 292 g/mol. The van der Waals surface area contributed by atoms with Crippen molar-refractivity contribution in [1.29, 1.82) is 0 Å². The van der Waals surface area contributed by atoms with Gasteiger partial charge in [-0.05, 0) is 36.7 Å². The number of methoxy groups -OCH3 is 1. The van der Waals surface area contributed by atoms with E-state index in [1.54, 1.807) is 7.11 Å². The molecule has 1 N–H and O–H groups in total. The van der Waals surface area contributed by atoms with Crippen LogP contribution >= 0.6 is 15.9 Å². The Morgan fingerprint density at radius 3 is 3.00 bits per heavy atom. The van der Waals surface area contributed by atoms with Crippen molar-refractivity contribution in [3.63, 3.8) is 0 Å². The Labute approximate surface area is 118 Å². The fourth-order valence-corrected chi connectivity index (χ4v) is 2.81. The minimum Gasteiger partial charge on any atom is -0.380 e. The third kappa shape index (κ3) is 3.25. The molecule has 100 valence electrons. The fourth-order valence-electron chi connectivity index (χ4n) is 2.40. The normalized spacial score (nSPS) is 19.5. The maximum absolute atomic E-state index is 5.44. The molecule has 1 saturated heterocycles. The number of nitrogens with zero attached hydrogens (tertiary/aromatic N) is 1. The van der Waals surface area contributed by atoms with Crippen molar-refractivity contribution in [3.05, 3.63) is 28.2 Å². The number of hydrogen-bond donors (Lipinski definition) is 1. The second-order valence-corrected chi connectivity index (χ2v) is 5.56. The van der Waals surface area contributed by atoms with E-state index in [1.807, 2.05) is 0 Å². The van der Waals surface area contributed by atoms with Crippen LogP contribution in [-0.4, -0.2) is 32.8 Å². The van der Waals surface area contributed by atoms with Crippen molar-refractivity contribution >= 4 is 21.6 Å². The SMILES string of the molecule is CCNCc1cc(Br)ccc1N1CCC(OC)C1. The zero-order valence-electron chi connectivity index (χ0n) is 11.1. The minimum atomic E-state index is 0.376. The van der Waals surface area contributed by atoms with Gasteiger partial charge in [-0.2, -0.15) is 0 Å². The molecule has 1 fully saturated rings. The van der Waals surface area contributed by atoms with E-state index in [0.717, 1.165) is 37.1 Å². The summed E-state index contributed by atoms with van der Waals surface area (Å²) in [5.74, 6) is 0. The molecule has 1 atom stereocenters. The summed E-state index contributed by atoms with van der Waals surface area (Å²) in [6, 6.07) is 6.53. The van der Waals surface area contributed by atoms with Crippen LogP contribution in [0.3, 0.4) is 0 Å². The van der Waals surface area contributed by atoms with Crippen LogP contribution in [-0.2, 0) is 11.3 Å². The van der Waals surface area contributed by atoms with Gasteiger partial charge < -0.3 is 15.0 Å². The van der Waals surface area contributed by atoms with Crippen molar-refractivity contribution in [1.82, 2.24) is 5.32 Å². The van der Waals surface area contributed by atoms with E-state index in [1.165, 1.54) is 11.3 Å². The highest BCUT2D eigenvalue weighted by Crippen LogP contribution is 2.28. The first kappa shape index (κ1) is 13.8. The number of halogens is 1. The first-order valence-corrected chi connectivity index (χ1v) is 7.30. The molecule has 1 aromatic rings. The van der Waals surface area contributed by atoms with Gasteiger partial charge in [-0.25, -0.2) is 0 Å². The van der Waals surface area contributed by atoms with Crippen molar-refractivity contribution in [3.8, 4) is 0 Å². The van der Waals surface area contributed by atoms with Gasteiger partial charge >= 0.3 is 0 Å². The molecular formula is C14H21BrN2O. The molecule has 1 aromatic carbocycles. The third-order valence-electron chi connectivity index (χ3n) is 3.43. The third-order valence-corrected chi connectivity index (χ3v) is 3.92. The Bertz CT molecular complexity index is 397. The number of hydrogen-bond acceptors (Lipinski definition) is 3. The van der Waals surface area contributed by atoms with Crippen molar-refractivity contribution in [2.75, 3.05) is 31.6 Å². The van der Waals surface area contributed by atoms with Gasteiger partial charge in [0.25, 0.3) is 0 Å². The van der Waals surface area contributed by atoms with Gasteiger partial charge in [-0.3, -0.25) is 0 Å². The van der Waals surface area contributed by atoms with E-state index >= 15 is 0 Å². The number of anilines is 1. The van der Waals surface area contributed by atoms with Gasteiger partial charge in [0.2, 0.25) is 0 Å². The molecule has 1 aliphatic rings. The lowest BCUT2D eigenvalue weighted by Crippen LogP contribution is -2.24. The van der Waals surface area contributed by atoms with E-state index < -0.39 is 0 Å². The van der Waals surface area contributed by atoms with E-state index in [9.17, 15) is 0 Å². The summed E-state index contributed by atoms with van der Waals surface area (Å²) < 4.78 is 6.58. The molecule has 0 amide bonds. The lowest BCUT2D eigenvalue weighted by atomic mass is 10.1. The predicted octanol–water partition coefficient (Wildman–Crippen LogP) is 2.78. The molecule has 0 spiro atoms. The molecule has 0 saturated carbocycles. The Kier molecular flexibility index (Phi) is 5.03. The summed E-state index contributed by atoms with van der Waals surface area (Å²) in [6.45, 7) is 6.12. The van der Waals surface area contributed by atoms with Crippen molar-refractivity contribution in [2.24, 2.45) is 0 Å². The number of nitrogens with one attached hydrogen (secondary N) is 1. The van der Waals surface area contributed by atoms with Crippen molar-refractivity contribution in [2.45, 2.75) is 26.0 Å². The van der Waals surface area contributed by atoms with Gasteiger partial charge in [0, 0.05) is 36.9 Å². The predicted molar refractivity (Wildman–Crippen MR) is 79.1 cm³/mol. The molecule has 18 heavy (non-hydrogen) atoms. The highest BCUT2D eigenvalue weighted by Gasteiger charge is 2.23. The number of ether oxygens (including phenoxy) is 1. The zero-order chi connectivity index (χ0) is 13.0. The van der Waals surface area contributed by atoms with Crippen LogP contribution in [0.25, 0.3) is 0 Å². The summed E-state index contributed by atoms with van der Waals surface area (Å²) >= 11 is 3.55. The van der Waals surface area contributed by atoms with Crippen LogP contribution in [0.4, 0.5) is 5.69 Å². The molecule has 1 aliphatic heterocycles. The van der Waals surface area contributed by atoms with Crippen LogP contribution in [0.2, 0.25) is 0 Å². The second kappa shape index (κ2) is 6.55. The fraction of sp³-hybridized carbons (Fsp3) is 0.571. The first-order valence-electron chi connectivity index (χ1n) is 6.51. The average molecular weight is 313 g/mol. The van der Waals surface area contributed by atoms with Gasteiger partial charge in [-0.15, -0.1) is 0 Å². The molecule has 2 rings (SSSR count). The summed E-state index contributed by atoms with van der Waals surface area (Å²) in [5.41, 5.74) is 2.68. The lowest BCUT2D eigenvalue weighted by molar-refractivity contribution is 0.121. The maximum Gasteiger partial charge on any atom is 0.0762 e. The highest BCUT2D eigenvalue weighted by molar-refractivity contribution is 9.10. The maximum atomic E-state index is 5.44. The highest BCUT2D eigenvalue weighted by atomic mass is 79.9. The van der Waals surface area contributed by atoms with E-state index in [0.29, 0.717) is 6.10 Å². The van der Waals surface area contributed by atoms with E-state index in [4.69, 9.17) is 4.74 Å². The van der Waals surface area contributed by atoms with Crippen LogP contribution in [0.1, 0.15) is 18.9 Å². The molecule has 1 unspecified atom stereocenters. The van der Waals surface area contributed by atoms with E-state index in [-0.39, 0.29) is 0 Å². The van der Waals surface area contributed by atoms with Crippen LogP contribution in [0.15, 0.2) is 22.7 Å². The number of rotatable bonds is 5. The summed E-state index contributed by atoms with van der Waals surface area (Å²) in [4.78, 5) is 2.42. The summed E-state index contributed by atoms with van der Waals surface area (Å²) in [7, 11) is 1.80. The Hall–Kier alpha value is -0.580. The van der Waals surface area contributed by atoms with Gasteiger partial charge in [0.15, 0.2) is 0 Å². The van der Waals surface area contributed by atoms with Gasteiger partial charge in [0.05, 0.1) is 6.10 Å². The Balaban J connectivity index is 2.16. The smallest absolute Gasteiger partial charge is 0.0762 e. The topological polar surface area (TPSA) is 24.5 Å². The second-order valence-electron chi connectivity index (χ2n) is 4.65. The van der Waals surface area contributed by atoms with Crippen LogP contribution in [0.5, 0.6) is 0 Å². The van der Waals surface area contributed by atoms with E-state index in [2.05, 4.69) is 51.3 Å². The summed E-state index contributed by atoms with van der Waals surface area (Å²) in [6.07, 6.45) is 1.49.